The molecule has 0 unspecified atom stereocenters. The van der Waals surface area contributed by atoms with E-state index in [1.165, 1.54) is 18.1 Å². The number of aromatic nitrogens is 1. The van der Waals surface area contributed by atoms with Crippen molar-refractivity contribution in [1.82, 2.24) is 20.1 Å². The summed E-state index contributed by atoms with van der Waals surface area (Å²) in [6.07, 6.45) is -1.04. The Kier molecular flexibility index (Phi) is 7.22. The summed E-state index contributed by atoms with van der Waals surface area (Å²) in [7, 11) is 1.28. The average Bonchev–Trinajstić information content (AvgIpc) is 3.21. The number of fused-ring (bicyclic) bond motifs is 1. The Balaban J connectivity index is 1.56. The topological polar surface area (TPSA) is 145 Å². The molecule has 38 heavy (non-hydrogen) atoms. The number of nitriles is 1. The van der Waals surface area contributed by atoms with Gasteiger partial charge in [0.2, 0.25) is 17.4 Å². The molecule has 11 nitrogen and oxygen atoms in total. The van der Waals surface area contributed by atoms with Crippen molar-refractivity contribution in [3.8, 4) is 11.8 Å². The Hall–Kier alpha value is -3.89. The minimum Gasteiger partial charge on any atom is -0.472 e. The van der Waals surface area contributed by atoms with Crippen molar-refractivity contribution >= 4 is 29.4 Å². The van der Waals surface area contributed by atoms with Crippen molar-refractivity contribution < 1.29 is 37.1 Å². The number of rotatable bonds is 6. The van der Waals surface area contributed by atoms with Crippen LogP contribution >= 0.6 is 0 Å². The molecule has 2 fully saturated rings. The summed E-state index contributed by atoms with van der Waals surface area (Å²) in [6.45, 7) is 0.829. The lowest BCUT2D eigenvalue weighted by atomic mass is 9.80. The highest BCUT2D eigenvalue weighted by Crippen LogP contribution is 2.40. The number of halogens is 3. The highest BCUT2D eigenvalue weighted by molar-refractivity contribution is 6.01. The maximum atomic E-state index is 13.8. The molecule has 0 aromatic carbocycles. The number of anilines is 1. The molecular weight excluding hydrogens is 509 g/mol. The monoisotopic (exact) mass is 536 g/mol. The summed E-state index contributed by atoms with van der Waals surface area (Å²) >= 11 is 0. The summed E-state index contributed by atoms with van der Waals surface area (Å²) < 4.78 is 44.0. The third-order valence-electron chi connectivity index (χ3n) is 7.34. The molecule has 3 aliphatic rings. The van der Waals surface area contributed by atoms with E-state index in [0.29, 0.717) is 0 Å². The number of carbonyl (C=O) groups excluding carboxylic acids is 4. The van der Waals surface area contributed by atoms with Crippen LogP contribution < -0.4 is 15.4 Å². The molecule has 1 saturated heterocycles. The molecule has 1 aliphatic carbocycles. The lowest BCUT2D eigenvalue weighted by Crippen LogP contribution is -2.58. The number of alkyl halides is 3. The number of ether oxygens (including phenoxy) is 1. The van der Waals surface area contributed by atoms with Gasteiger partial charge in [0, 0.05) is 19.7 Å². The van der Waals surface area contributed by atoms with Gasteiger partial charge in [-0.3, -0.25) is 19.2 Å². The van der Waals surface area contributed by atoms with E-state index in [-0.39, 0.29) is 36.9 Å². The maximum absolute atomic E-state index is 13.8. The molecule has 1 aromatic rings. The number of hydrogen-bond donors (Lipinski definition) is 2. The first-order valence-electron chi connectivity index (χ1n) is 12.2. The number of likely N-dealkylation sites (tertiary alicyclic amines) is 1. The molecule has 4 atom stereocenters. The van der Waals surface area contributed by atoms with E-state index in [9.17, 15) is 37.6 Å². The molecule has 4 rings (SSSR count). The van der Waals surface area contributed by atoms with E-state index in [4.69, 9.17) is 4.74 Å². The van der Waals surface area contributed by atoms with Crippen LogP contribution in [0.3, 0.4) is 0 Å². The summed E-state index contributed by atoms with van der Waals surface area (Å²) in [6, 6.07) is 1.50. The molecule has 1 spiro atoms. The number of hydrogen-bond acceptors (Lipinski definition) is 7. The van der Waals surface area contributed by atoms with Gasteiger partial charge in [0.25, 0.3) is 5.91 Å². The molecule has 4 amide bonds. The van der Waals surface area contributed by atoms with Gasteiger partial charge < -0.3 is 25.2 Å². The van der Waals surface area contributed by atoms with Gasteiger partial charge in [-0.05, 0) is 31.4 Å². The van der Waals surface area contributed by atoms with E-state index < -0.39 is 53.5 Å². The molecule has 0 bridgehead atoms. The molecule has 0 radical (unpaired) electrons. The molecule has 1 aromatic heterocycles. The van der Waals surface area contributed by atoms with Gasteiger partial charge in [0.15, 0.2) is 11.6 Å². The fourth-order valence-corrected chi connectivity index (χ4v) is 4.96. The molecule has 2 N–H and O–H groups in total. The number of pyridine rings is 1. The zero-order valence-electron chi connectivity index (χ0n) is 20.7. The van der Waals surface area contributed by atoms with Crippen molar-refractivity contribution in [2.24, 2.45) is 5.92 Å². The quantitative estimate of drug-likeness (QED) is 0.559. The molecule has 3 heterocycles. The number of nitrogens with one attached hydrogen (secondary N) is 2. The zero-order chi connectivity index (χ0) is 27.8. The Labute approximate surface area is 216 Å². The first kappa shape index (κ1) is 27.2. The van der Waals surface area contributed by atoms with Gasteiger partial charge in [-0.25, -0.2) is 4.98 Å². The number of amides is 4. The fourth-order valence-electron chi connectivity index (χ4n) is 4.96. The highest BCUT2D eigenvalue weighted by Gasteiger charge is 2.56. The Morgan fingerprint density at radius 3 is 2.71 bits per heavy atom. The predicted octanol–water partition coefficient (Wildman–Crippen LogP) is 1.36. The third-order valence-corrected chi connectivity index (χ3v) is 7.34. The predicted molar refractivity (Wildman–Crippen MR) is 124 cm³/mol. The van der Waals surface area contributed by atoms with Crippen LogP contribution in [0.4, 0.5) is 19.0 Å². The average molecular weight is 537 g/mol. The second-order valence-corrected chi connectivity index (χ2v) is 9.91. The molecular formula is C24H27F3N6O5. The Morgan fingerprint density at radius 1 is 1.39 bits per heavy atom. The van der Waals surface area contributed by atoms with Crippen molar-refractivity contribution in [1.29, 1.82) is 5.26 Å². The largest absolute Gasteiger partial charge is 0.472 e. The van der Waals surface area contributed by atoms with E-state index in [2.05, 4.69) is 10.3 Å². The van der Waals surface area contributed by atoms with Crippen LogP contribution in [0, 0.1) is 17.2 Å². The maximum Gasteiger partial charge on any atom is 0.471 e. The SMILES string of the molecule is C[C@H](NC(=O)C(F)(F)F)C(=O)N(C)[C@@H](CC1CCC1)C(=O)N1C[C@@]2(C[C@H]1C#N)Oc1cccnc1NC2=O. The van der Waals surface area contributed by atoms with Crippen LogP contribution in [0.2, 0.25) is 0 Å². The zero-order valence-corrected chi connectivity index (χ0v) is 20.7. The van der Waals surface area contributed by atoms with Gasteiger partial charge in [-0.1, -0.05) is 19.3 Å². The summed E-state index contributed by atoms with van der Waals surface area (Å²) in [5.74, 6) is -3.76. The second-order valence-electron chi connectivity index (χ2n) is 9.91. The van der Waals surface area contributed by atoms with E-state index in [1.807, 2.05) is 6.07 Å². The van der Waals surface area contributed by atoms with Crippen molar-refractivity contribution in [3.05, 3.63) is 18.3 Å². The van der Waals surface area contributed by atoms with Crippen molar-refractivity contribution in [2.45, 2.75) is 68.9 Å². The van der Waals surface area contributed by atoms with Crippen molar-refractivity contribution in [2.75, 3.05) is 18.9 Å². The summed E-state index contributed by atoms with van der Waals surface area (Å²) in [4.78, 5) is 57.4. The van der Waals surface area contributed by atoms with Crippen LogP contribution in [0.25, 0.3) is 0 Å². The van der Waals surface area contributed by atoms with E-state index in [1.54, 1.807) is 17.4 Å². The normalized spacial score (nSPS) is 24.3. The first-order chi connectivity index (χ1) is 17.9. The second kappa shape index (κ2) is 10.1. The first-order valence-corrected chi connectivity index (χ1v) is 12.2. The highest BCUT2D eigenvalue weighted by atomic mass is 19.4. The Morgan fingerprint density at radius 2 is 2.11 bits per heavy atom. The minimum absolute atomic E-state index is 0.101. The van der Waals surface area contributed by atoms with Gasteiger partial charge >= 0.3 is 12.1 Å². The van der Waals surface area contributed by atoms with Crippen LogP contribution in [0.1, 0.15) is 39.0 Å². The standard InChI is InChI=1S/C24H27F3N6O5/c1-13(30-22(37)24(25,26)27)19(34)32(2)16(9-14-5-3-6-14)20(35)33-12-23(10-15(33)11-28)21(36)31-18-17(38-23)7-4-8-29-18/h4,7-8,13-16H,3,5-6,9-10,12H2,1-2H3,(H,30,37)(H,29,31,36)/t13-,15-,16-,23+/m0/s1. The minimum atomic E-state index is -5.17. The number of carbonyl (C=O) groups is 4. The smallest absolute Gasteiger partial charge is 0.471 e. The molecule has 204 valence electrons. The van der Waals surface area contributed by atoms with Crippen LogP contribution in [-0.2, 0) is 19.2 Å². The van der Waals surface area contributed by atoms with Crippen LogP contribution in [-0.4, -0.2) is 81.9 Å². The van der Waals surface area contributed by atoms with Crippen LogP contribution in [0.5, 0.6) is 5.75 Å². The van der Waals surface area contributed by atoms with Crippen molar-refractivity contribution in [3.63, 3.8) is 0 Å². The van der Waals surface area contributed by atoms with Crippen LogP contribution in [0.15, 0.2) is 18.3 Å². The molecule has 2 aliphatic heterocycles. The van der Waals surface area contributed by atoms with Gasteiger partial charge in [0.1, 0.15) is 18.1 Å². The fraction of sp³-hybridized carbons (Fsp3) is 0.583. The summed E-state index contributed by atoms with van der Waals surface area (Å²) in [5.41, 5.74) is -1.55. The van der Waals surface area contributed by atoms with Gasteiger partial charge in [-0.15, -0.1) is 0 Å². The number of nitrogens with zero attached hydrogens (tertiary/aromatic N) is 4. The molecule has 14 heteroatoms. The van der Waals surface area contributed by atoms with Gasteiger partial charge in [-0.2, -0.15) is 18.4 Å². The number of likely N-dealkylation sites (N-methyl/N-ethyl adjacent to an activating group) is 1. The van der Waals surface area contributed by atoms with E-state index >= 15 is 0 Å². The lowest BCUT2D eigenvalue weighted by molar-refractivity contribution is -0.175. The molecule has 1 saturated carbocycles. The third kappa shape index (κ3) is 5.09. The Bertz CT molecular complexity index is 1180. The lowest BCUT2D eigenvalue weighted by Gasteiger charge is -2.38. The van der Waals surface area contributed by atoms with Gasteiger partial charge in [0.05, 0.1) is 12.6 Å². The summed E-state index contributed by atoms with van der Waals surface area (Å²) in [5, 5.41) is 14.1. The van der Waals surface area contributed by atoms with E-state index in [0.717, 1.165) is 31.1 Å².